The molecule has 0 bridgehead atoms. The van der Waals surface area contributed by atoms with Crippen LogP contribution in [0.4, 0.5) is 29.1 Å². The first kappa shape index (κ1) is 21.7. The number of likely N-dealkylation sites (N-methyl/N-ethyl adjacent to an activating group) is 1. The molecule has 1 amide bonds. The van der Waals surface area contributed by atoms with E-state index in [1.54, 1.807) is 11.9 Å². The number of carbonyl (C=O) groups is 1. The molecule has 2 atom stereocenters. The Morgan fingerprint density at radius 1 is 1.31 bits per heavy atom. The monoisotopic (exact) mass is 448 g/mol. The molecule has 3 rings (SSSR count). The third-order valence-corrected chi connectivity index (χ3v) is 5.39. The Kier molecular flexibility index (Phi) is 5.98. The van der Waals surface area contributed by atoms with Gasteiger partial charge in [0.25, 0.3) is 0 Å². The van der Waals surface area contributed by atoms with Gasteiger partial charge in [0.05, 0.1) is 10.6 Å². The van der Waals surface area contributed by atoms with E-state index < -0.39 is 35.0 Å². The van der Waals surface area contributed by atoms with Gasteiger partial charge < -0.3 is 10.2 Å². The molecule has 0 spiro atoms. The molecule has 11 heteroatoms. The minimum atomic E-state index is -4.55. The highest BCUT2D eigenvalue weighted by Crippen LogP contribution is 2.35. The third-order valence-electron chi connectivity index (χ3n) is 4.46. The second-order valence-corrected chi connectivity index (χ2v) is 7.55. The average molecular weight is 449 g/mol. The summed E-state index contributed by atoms with van der Waals surface area (Å²) in [6.07, 6.45) is -4.55. The summed E-state index contributed by atoms with van der Waals surface area (Å²) in [4.78, 5) is 20.1. The van der Waals surface area contributed by atoms with Crippen LogP contribution in [0.2, 0.25) is 5.02 Å². The van der Waals surface area contributed by atoms with Crippen LogP contribution in [0.1, 0.15) is 11.3 Å². The molecule has 156 valence electrons. The van der Waals surface area contributed by atoms with Crippen molar-refractivity contribution in [3.05, 3.63) is 52.4 Å². The number of carbonyl (C=O) groups excluding carboxylic acids is 1. The molecule has 1 aromatic heterocycles. The van der Waals surface area contributed by atoms with Crippen molar-refractivity contribution in [1.82, 2.24) is 9.88 Å². The van der Waals surface area contributed by atoms with Gasteiger partial charge in [-0.1, -0.05) is 11.6 Å². The Morgan fingerprint density at radius 2 is 2.00 bits per heavy atom. The number of benzene rings is 1. The molecule has 1 aromatic carbocycles. The molecule has 1 aliphatic heterocycles. The van der Waals surface area contributed by atoms with Gasteiger partial charge in [0.15, 0.2) is 0 Å². The molecule has 0 saturated carbocycles. The zero-order valence-electron chi connectivity index (χ0n) is 15.3. The number of alkyl halides is 3. The lowest BCUT2D eigenvalue weighted by atomic mass is 10.2. The van der Waals surface area contributed by atoms with Gasteiger partial charge in [-0.05, 0) is 44.3 Å². The van der Waals surface area contributed by atoms with Crippen molar-refractivity contribution in [3.8, 4) is 0 Å². The van der Waals surface area contributed by atoms with Gasteiger partial charge in [-0.25, -0.2) is 9.37 Å². The Bertz CT molecular complexity index is 943. The number of nitrogens with one attached hydrogen (secondary N) is 1. The van der Waals surface area contributed by atoms with E-state index in [2.05, 4.69) is 22.9 Å². The number of aromatic nitrogens is 1. The van der Waals surface area contributed by atoms with Crippen LogP contribution in [0.3, 0.4) is 0 Å². The van der Waals surface area contributed by atoms with Crippen molar-refractivity contribution >= 4 is 41.6 Å². The molecular weight excluding hydrogens is 432 g/mol. The van der Waals surface area contributed by atoms with Crippen molar-refractivity contribution in [2.45, 2.75) is 24.6 Å². The predicted molar refractivity (Wildman–Crippen MR) is 106 cm³/mol. The summed E-state index contributed by atoms with van der Waals surface area (Å²) in [6.45, 7) is 1.65. The van der Waals surface area contributed by atoms with Crippen LogP contribution in [0.15, 0.2) is 30.3 Å². The SMILES string of the molecule is Cc1cc(C(F)(F)F)cc(N2[C@H](C(=O)Nc3ccc(F)c(Cl)c3)CN(C)[C@@H]2S)n1. The highest BCUT2D eigenvalue weighted by molar-refractivity contribution is 7.81. The number of pyridine rings is 1. The van der Waals surface area contributed by atoms with Gasteiger partial charge >= 0.3 is 6.18 Å². The summed E-state index contributed by atoms with van der Waals surface area (Å²) < 4.78 is 53.0. The van der Waals surface area contributed by atoms with Crippen LogP contribution < -0.4 is 10.2 Å². The number of thiol groups is 1. The molecule has 1 fully saturated rings. The lowest BCUT2D eigenvalue weighted by Gasteiger charge is -2.29. The fraction of sp³-hybridized carbons (Fsp3) is 0.333. The zero-order chi connectivity index (χ0) is 21.5. The molecule has 5 nitrogen and oxygen atoms in total. The molecule has 0 unspecified atom stereocenters. The molecule has 2 aromatic rings. The fourth-order valence-corrected chi connectivity index (χ4v) is 3.62. The number of amides is 1. The summed E-state index contributed by atoms with van der Waals surface area (Å²) in [6, 6.07) is 4.66. The van der Waals surface area contributed by atoms with Crippen molar-refractivity contribution in [2.75, 3.05) is 23.8 Å². The Hall–Kier alpha value is -2.04. The average Bonchev–Trinajstić information content (AvgIpc) is 2.92. The number of rotatable bonds is 3. The van der Waals surface area contributed by atoms with Crippen molar-refractivity contribution in [2.24, 2.45) is 0 Å². The maximum atomic E-state index is 13.3. The van der Waals surface area contributed by atoms with Crippen LogP contribution in [0.25, 0.3) is 0 Å². The first-order valence-electron chi connectivity index (χ1n) is 8.46. The molecule has 0 aliphatic carbocycles. The predicted octanol–water partition coefficient (Wildman–Crippen LogP) is 4.17. The van der Waals surface area contributed by atoms with Crippen molar-refractivity contribution in [3.63, 3.8) is 0 Å². The molecule has 2 heterocycles. The van der Waals surface area contributed by atoms with Crippen LogP contribution in [-0.2, 0) is 11.0 Å². The Labute approximate surface area is 175 Å². The van der Waals surface area contributed by atoms with Gasteiger partial charge in [-0.15, -0.1) is 12.6 Å². The van der Waals surface area contributed by atoms with E-state index in [1.165, 1.54) is 24.0 Å². The second kappa shape index (κ2) is 8.00. The number of hydrogen-bond donors (Lipinski definition) is 2. The first-order valence-corrected chi connectivity index (χ1v) is 9.35. The lowest BCUT2D eigenvalue weighted by molar-refractivity contribution is -0.137. The standard InChI is InChI=1S/C18H17ClF4N4OS/c1-9-5-10(18(21,22)23)6-15(24-9)27-14(8-26(2)17(27)29)16(28)25-11-3-4-13(20)12(19)7-11/h3-7,14,17,29H,8H2,1-2H3,(H,25,28)/t14-,17-/m0/s1. The topological polar surface area (TPSA) is 48.5 Å². The van der Waals surface area contributed by atoms with E-state index in [1.807, 2.05) is 0 Å². The van der Waals surface area contributed by atoms with E-state index in [-0.39, 0.29) is 28.8 Å². The Balaban J connectivity index is 1.93. The summed E-state index contributed by atoms with van der Waals surface area (Å²) >= 11 is 10.2. The number of anilines is 2. The molecular formula is C18H17ClF4N4OS. The normalized spacial score (nSPS) is 20.2. The van der Waals surface area contributed by atoms with Crippen LogP contribution >= 0.6 is 24.2 Å². The number of hydrogen-bond acceptors (Lipinski definition) is 5. The maximum Gasteiger partial charge on any atom is 0.416 e. The van der Waals surface area contributed by atoms with Crippen molar-refractivity contribution < 1.29 is 22.4 Å². The highest BCUT2D eigenvalue weighted by atomic mass is 35.5. The van der Waals surface area contributed by atoms with Crippen molar-refractivity contribution in [1.29, 1.82) is 0 Å². The smallest absolute Gasteiger partial charge is 0.324 e. The summed E-state index contributed by atoms with van der Waals surface area (Å²) in [7, 11) is 1.69. The summed E-state index contributed by atoms with van der Waals surface area (Å²) in [5.74, 6) is -1.15. The number of halogens is 5. The first-order chi connectivity index (χ1) is 13.5. The van der Waals surface area contributed by atoms with Gasteiger partial charge in [0, 0.05) is 17.9 Å². The van der Waals surface area contributed by atoms with E-state index in [0.29, 0.717) is 0 Å². The van der Waals surface area contributed by atoms with Crippen LogP contribution in [0, 0.1) is 12.7 Å². The van der Waals surface area contributed by atoms with E-state index in [4.69, 9.17) is 11.6 Å². The fourth-order valence-electron chi connectivity index (χ4n) is 3.06. The van der Waals surface area contributed by atoms with Crippen LogP contribution in [-0.4, -0.2) is 40.9 Å². The largest absolute Gasteiger partial charge is 0.416 e. The minimum Gasteiger partial charge on any atom is -0.324 e. The van der Waals surface area contributed by atoms with Gasteiger partial charge in [-0.2, -0.15) is 13.2 Å². The van der Waals surface area contributed by atoms with Crippen LogP contribution in [0.5, 0.6) is 0 Å². The Morgan fingerprint density at radius 3 is 2.62 bits per heavy atom. The van der Waals surface area contributed by atoms with Gasteiger partial charge in [-0.3, -0.25) is 9.69 Å². The molecule has 1 aliphatic rings. The molecule has 1 saturated heterocycles. The quantitative estimate of drug-likeness (QED) is 0.546. The maximum absolute atomic E-state index is 13.3. The molecule has 0 radical (unpaired) electrons. The molecule has 1 N–H and O–H groups in total. The van der Waals surface area contributed by atoms with E-state index in [0.717, 1.165) is 18.2 Å². The van der Waals surface area contributed by atoms with E-state index in [9.17, 15) is 22.4 Å². The second-order valence-electron chi connectivity index (χ2n) is 6.68. The molecule has 29 heavy (non-hydrogen) atoms. The number of nitrogens with zero attached hydrogens (tertiary/aromatic N) is 3. The highest BCUT2D eigenvalue weighted by Gasteiger charge is 2.42. The lowest BCUT2D eigenvalue weighted by Crippen LogP contribution is -2.44. The summed E-state index contributed by atoms with van der Waals surface area (Å²) in [5, 5.41) is 2.45. The summed E-state index contributed by atoms with van der Waals surface area (Å²) in [5.41, 5.74) is -1.10. The third kappa shape index (κ3) is 4.59. The van der Waals surface area contributed by atoms with Gasteiger partial charge in [0.1, 0.15) is 23.2 Å². The number of aryl methyl sites for hydroxylation is 1. The van der Waals surface area contributed by atoms with Gasteiger partial charge in [0.2, 0.25) is 5.91 Å². The van der Waals surface area contributed by atoms with E-state index >= 15 is 0 Å². The zero-order valence-corrected chi connectivity index (χ0v) is 17.0. The minimum absolute atomic E-state index is 0.0148.